The molecule has 0 aliphatic rings. The monoisotopic (exact) mass is 222 g/mol. The summed E-state index contributed by atoms with van der Waals surface area (Å²) >= 11 is 0. The Kier molecular flexibility index (Phi) is 8.45. The summed E-state index contributed by atoms with van der Waals surface area (Å²) in [6, 6.07) is 9.98. The molecule has 0 heterocycles. The van der Waals surface area contributed by atoms with Gasteiger partial charge < -0.3 is 5.11 Å². The Balaban J connectivity index is 0.00000106. The average molecular weight is 222 g/mol. The number of rotatable bonds is 5. The Morgan fingerprint density at radius 1 is 1.25 bits per heavy atom. The summed E-state index contributed by atoms with van der Waals surface area (Å²) in [5.74, 6) is 0.0468. The second-order valence-electron chi connectivity index (χ2n) is 3.58. The van der Waals surface area contributed by atoms with E-state index in [-0.39, 0.29) is 12.2 Å². The summed E-state index contributed by atoms with van der Waals surface area (Å²) in [5.41, 5.74) is 1.20. The van der Waals surface area contributed by atoms with Gasteiger partial charge in [0.1, 0.15) is 5.78 Å². The Morgan fingerprint density at radius 3 is 2.31 bits per heavy atom. The molecule has 0 spiro atoms. The molecule has 0 aromatic heterocycles. The van der Waals surface area contributed by atoms with E-state index in [1.54, 1.807) is 0 Å². The normalized spacial score (nSPS) is 11.2. The third-order valence-electron chi connectivity index (χ3n) is 2.13. The summed E-state index contributed by atoms with van der Waals surface area (Å²) in [6.07, 6.45) is 1.26. The topological polar surface area (TPSA) is 37.3 Å². The molecule has 2 nitrogen and oxygen atoms in total. The molecule has 1 aromatic carbocycles. The van der Waals surface area contributed by atoms with Gasteiger partial charge in [0.05, 0.1) is 6.10 Å². The van der Waals surface area contributed by atoms with E-state index >= 15 is 0 Å². The first-order chi connectivity index (χ1) is 7.68. The van der Waals surface area contributed by atoms with Gasteiger partial charge in [-0.2, -0.15) is 0 Å². The highest BCUT2D eigenvalue weighted by molar-refractivity contribution is 5.75. The first kappa shape index (κ1) is 14.8. The van der Waals surface area contributed by atoms with E-state index in [1.807, 2.05) is 44.2 Å². The van der Waals surface area contributed by atoms with Crippen molar-refractivity contribution in [2.75, 3.05) is 0 Å². The van der Waals surface area contributed by atoms with Crippen LogP contribution in [0.2, 0.25) is 0 Å². The minimum atomic E-state index is -0.493. The van der Waals surface area contributed by atoms with Gasteiger partial charge >= 0.3 is 0 Å². The summed E-state index contributed by atoms with van der Waals surface area (Å²) in [4.78, 5) is 10.7. The van der Waals surface area contributed by atoms with Crippen LogP contribution in [0.15, 0.2) is 30.3 Å². The first-order valence-electron chi connectivity index (χ1n) is 5.90. The van der Waals surface area contributed by atoms with Crippen LogP contribution in [-0.4, -0.2) is 17.0 Å². The number of benzene rings is 1. The number of aliphatic hydroxyl groups is 1. The average Bonchev–Trinajstić information content (AvgIpc) is 2.30. The van der Waals surface area contributed by atoms with E-state index in [4.69, 9.17) is 0 Å². The smallest absolute Gasteiger partial charge is 0.132 e. The number of aryl methyl sites for hydroxylation is 1. The molecule has 0 aliphatic heterocycles. The van der Waals surface area contributed by atoms with Crippen molar-refractivity contribution in [3.05, 3.63) is 35.9 Å². The lowest BCUT2D eigenvalue weighted by molar-refractivity contribution is -0.118. The van der Waals surface area contributed by atoms with Crippen molar-refractivity contribution in [3.8, 4) is 0 Å². The van der Waals surface area contributed by atoms with Gasteiger partial charge in [-0.3, -0.25) is 4.79 Å². The van der Waals surface area contributed by atoms with E-state index in [0.29, 0.717) is 6.42 Å². The summed E-state index contributed by atoms with van der Waals surface area (Å²) in [5, 5.41) is 9.46. The van der Waals surface area contributed by atoms with Crippen molar-refractivity contribution in [2.24, 2.45) is 0 Å². The quantitative estimate of drug-likeness (QED) is 0.831. The maximum Gasteiger partial charge on any atom is 0.132 e. The summed E-state index contributed by atoms with van der Waals surface area (Å²) in [7, 11) is 0. The number of aliphatic hydroxyl groups excluding tert-OH is 1. The van der Waals surface area contributed by atoms with Crippen molar-refractivity contribution in [1.29, 1.82) is 0 Å². The van der Waals surface area contributed by atoms with Crippen LogP contribution in [0.4, 0.5) is 0 Å². The van der Waals surface area contributed by atoms with E-state index in [0.717, 1.165) is 6.42 Å². The van der Waals surface area contributed by atoms with Crippen LogP contribution in [0.25, 0.3) is 0 Å². The standard InChI is InChI=1S/C12H16O2.C2H6/c1-10(13)9-12(14)8-7-11-5-3-2-4-6-11;1-2/h2-6,12,14H,7-9H2,1H3;1-2H3. The van der Waals surface area contributed by atoms with Gasteiger partial charge in [0.25, 0.3) is 0 Å². The number of carbonyl (C=O) groups is 1. The van der Waals surface area contributed by atoms with Crippen LogP contribution in [0.3, 0.4) is 0 Å². The third kappa shape index (κ3) is 7.18. The molecule has 0 fully saturated rings. The van der Waals surface area contributed by atoms with E-state index in [1.165, 1.54) is 12.5 Å². The number of hydrogen-bond donors (Lipinski definition) is 1. The number of hydrogen-bond acceptors (Lipinski definition) is 2. The molecule has 1 rings (SSSR count). The van der Waals surface area contributed by atoms with Crippen molar-refractivity contribution in [2.45, 2.75) is 46.1 Å². The molecule has 0 radical (unpaired) electrons. The van der Waals surface area contributed by atoms with E-state index < -0.39 is 6.10 Å². The molecule has 1 unspecified atom stereocenters. The van der Waals surface area contributed by atoms with Crippen molar-refractivity contribution in [3.63, 3.8) is 0 Å². The van der Waals surface area contributed by atoms with Crippen LogP contribution in [0, 0.1) is 0 Å². The molecular weight excluding hydrogens is 200 g/mol. The largest absolute Gasteiger partial charge is 0.393 e. The fourth-order valence-electron chi connectivity index (χ4n) is 1.41. The molecule has 1 atom stereocenters. The maximum atomic E-state index is 10.7. The minimum Gasteiger partial charge on any atom is -0.393 e. The molecule has 16 heavy (non-hydrogen) atoms. The van der Waals surface area contributed by atoms with E-state index in [2.05, 4.69) is 0 Å². The summed E-state index contributed by atoms with van der Waals surface area (Å²) < 4.78 is 0. The second-order valence-corrected chi connectivity index (χ2v) is 3.58. The lowest BCUT2D eigenvalue weighted by atomic mass is 10.0. The fourth-order valence-corrected chi connectivity index (χ4v) is 1.41. The van der Waals surface area contributed by atoms with Crippen molar-refractivity contribution in [1.82, 2.24) is 0 Å². The highest BCUT2D eigenvalue weighted by Crippen LogP contribution is 2.07. The molecule has 2 heteroatoms. The number of carbonyl (C=O) groups excluding carboxylic acids is 1. The van der Waals surface area contributed by atoms with E-state index in [9.17, 15) is 9.90 Å². The Hall–Kier alpha value is -1.15. The zero-order valence-corrected chi connectivity index (χ0v) is 10.4. The van der Waals surface area contributed by atoms with Crippen LogP contribution >= 0.6 is 0 Å². The molecule has 1 aromatic rings. The van der Waals surface area contributed by atoms with Crippen LogP contribution < -0.4 is 0 Å². The molecule has 0 amide bonds. The van der Waals surface area contributed by atoms with Gasteiger partial charge in [-0.05, 0) is 25.3 Å². The predicted molar refractivity (Wildman–Crippen MR) is 67.4 cm³/mol. The Bertz CT molecular complexity index is 280. The molecule has 90 valence electrons. The van der Waals surface area contributed by atoms with Crippen LogP contribution in [0.5, 0.6) is 0 Å². The Labute approximate surface area is 98.3 Å². The third-order valence-corrected chi connectivity index (χ3v) is 2.13. The fraction of sp³-hybridized carbons (Fsp3) is 0.500. The van der Waals surface area contributed by atoms with Gasteiger partial charge in [0, 0.05) is 6.42 Å². The zero-order valence-electron chi connectivity index (χ0n) is 10.4. The van der Waals surface area contributed by atoms with Gasteiger partial charge in [0.15, 0.2) is 0 Å². The van der Waals surface area contributed by atoms with Gasteiger partial charge in [-0.1, -0.05) is 44.2 Å². The number of ketones is 1. The minimum absolute atomic E-state index is 0.0468. The maximum absolute atomic E-state index is 10.7. The highest BCUT2D eigenvalue weighted by atomic mass is 16.3. The van der Waals surface area contributed by atoms with Crippen molar-refractivity contribution >= 4 is 5.78 Å². The molecule has 1 N–H and O–H groups in total. The van der Waals surface area contributed by atoms with Gasteiger partial charge in [-0.25, -0.2) is 0 Å². The second kappa shape index (κ2) is 9.10. The van der Waals surface area contributed by atoms with Crippen molar-refractivity contribution < 1.29 is 9.90 Å². The highest BCUT2D eigenvalue weighted by Gasteiger charge is 2.06. The zero-order chi connectivity index (χ0) is 12.4. The molecule has 0 aliphatic carbocycles. The SMILES string of the molecule is CC.CC(=O)CC(O)CCc1ccccc1. The molecule has 0 bridgehead atoms. The van der Waals surface area contributed by atoms with Gasteiger partial charge in [-0.15, -0.1) is 0 Å². The lowest BCUT2D eigenvalue weighted by Gasteiger charge is -2.07. The van der Waals surface area contributed by atoms with Crippen LogP contribution in [-0.2, 0) is 11.2 Å². The molecular formula is C14H22O2. The summed E-state index contributed by atoms with van der Waals surface area (Å²) in [6.45, 7) is 5.51. The lowest BCUT2D eigenvalue weighted by Crippen LogP contribution is -2.12. The predicted octanol–water partition coefficient (Wildman–Crippen LogP) is 2.99. The number of Topliss-reactive ketones (excluding diaryl/α,β-unsaturated/α-hetero) is 1. The first-order valence-corrected chi connectivity index (χ1v) is 5.90. The molecule has 0 saturated heterocycles. The van der Waals surface area contributed by atoms with Crippen LogP contribution in [0.1, 0.15) is 39.2 Å². The van der Waals surface area contributed by atoms with Gasteiger partial charge in [0.2, 0.25) is 0 Å². The molecule has 0 saturated carbocycles. The Morgan fingerprint density at radius 2 is 1.81 bits per heavy atom.